The summed E-state index contributed by atoms with van der Waals surface area (Å²) in [6.45, 7) is 2.27. The minimum absolute atomic E-state index is 0.00207. The molecule has 0 atom stereocenters. The molecule has 6 heteroatoms. The topological polar surface area (TPSA) is 63.9 Å². The van der Waals surface area contributed by atoms with Crippen molar-refractivity contribution in [3.8, 4) is 5.69 Å². The Morgan fingerprint density at radius 3 is 2.29 bits per heavy atom. The fraction of sp³-hybridized carbons (Fsp3) is 0.364. The summed E-state index contributed by atoms with van der Waals surface area (Å²) < 4.78 is 1.78. The van der Waals surface area contributed by atoms with Gasteiger partial charge in [0.2, 0.25) is 0 Å². The number of benzene rings is 2. The second kappa shape index (κ2) is 7.54. The Balaban J connectivity index is 1.79. The highest BCUT2D eigenvalue weighted by molar-refractivity contribution is 5.94. The van der Waals surface area contributed by atoms with E-state index in [1.54, 1.807) is 4.68 Å². The average Bonchev–Trinajstić information content (AvgIpc) is 3.25. The summed E-state index contributed by atoms with van der Waals surface area (Å²) in [7, 11) is 1.88. The van der Waals surface area contributed by atoms with Crippen LogP contribution in [0.5, 0.6) is 0 Å². The molecule has 0 spiro atoms. The number of rotatable bonds is 4. The Labute approximate surface area is 165 Å². The molecule has 1 saturated carbocycles. The molecule has 0 radical (unpaired) electrons. The summed E-state index contributed by atoms with van der Waals surface area (Å²) in [5, 5.41) is 12.7. The molecule has 28 heavy (non-hydrogen) atoms. The monoisotopic (exact) mass is 375 g/mol. The van der Waals surface area contributed by atoms with E-state index in [4.69, 9.17) is 0 Å². The number of amides is 1. The summed E-state index contributed by atoms with van der Waals surface area (Å²) >= 11 is 0. The summed E-state index contributed by atoms with van der Waals surface area (Å²) in [5.74, 6) is 1.37. The van der Waals surface area contributed by atoms with Crippen LogP contribution in [-0.4, -0.2) is 38.1 Å². The Morgan fingerprint density at radius 2 is 1.64 bits per heavy atom. The first-order chi connectivity index (χ1) is 13.6. The van der Waals surface area contributed by atoms with Crippen LogP contribution in [0, 0.1) is 5.92 Å². The third-order valence-electron chi connectivity index (χ3n) is 5.96. The van der Waals surface area contributed by atoms with Gasteiger partial charge in [-0.3, -0.25) is 4.79 Å². The zero-order chi connectivity index (χ0) is 19.6. The van der Waals surface area contributed by atoms with Crippen LogP contribution in [0.25, 0.3) is 5.69 Å². The molecule has 144 valence electrons. The van der Waals surface area contributed by atoms with Gasteiger partial charge in [-0.2, -0.15) is 4.68 Å². The van der Waals surface area contributed by atoms with Crippen LogP contribution in [0.1, 0.15) is 48.8 Å². The van der Waals surface area contributed by atoms with Crippen molar-refractivity contribution in [2.75, 3.05) is 7.05 Å². The summed E-state index contributed by atoms with van der Waals surface area (Å²) in [6, 6.07) is 19.3. The number of hydrogen-bond acceptors (Lipinski definition) is 4. The smallest absolute Gasteiger partial charge is 0.254 e. The predicted octanol–water partition coefficient (Wildman–Crippen LogP) is 3.84. The van der Waals surface area contributed by atoms with E-state index < -0.39 is 5.54 Å². The molecule has 0 bridgehead atoms. The van der Waals surface area contributed by atoms with Crippen LogP contribution in [0.3, 0.4) is 0 Å². The van der Waals surface area contributed by atoms with Gasteiger partial charge in [0.05, 0.1) is 5.69 Å². The number of aromatic nitrogens is 4. The highest BCUT2D eigenvalue weighted by Crippen LogP contribution is 2.43. The van der Waals surface area contributed by atoms with Crippen LogP contribution in [0.15, 0.2) is 60.7 Å². The van der Waals surface area contributed by atoms with E-state index >= 15 is 0 Å². The first-order valence-electron chi connectivity index (χ1n) is 9.79. The van der Waals surface area contributed by atoms with Gasteiger partial charge < -0.3 is 4.90 Å². The van der Waals surface area contributed by atoms with Crippen molar-refractivity contribution in [2.45, 2.75) is 38.1 Å². The first kappa shape index (κ1) is 18.3. The van der Waals surface area contributed by atoms with Crippen LogP contribution in [-0.2, 0) is 5.54 Å². The van der Waals surface area contributed by atoms with Gasteiger partial charge in [-0.15, -0.1) is 5.10 Å². The van der Waals surface area contributed by atoms with Gasteiger partial charge in [-0.05, 0) is 66.3 Å². The molecule has 1 aromatic heterocycles. The van der Waals surface area contributed by atoms with Crippen molar-refractivity contribution in [3.05, 3.63) is 72.1 Å². The lowest BCUT2D eigenvalue weighted by Gasteiger charge is -2.44. The van der Waals surface area contributed by atoms with Crippen molar-refractivity contribution in [3.63, 3.8) is 0 Å². The molecule has 0 aliphatic heterocycles. The van der Waals surface area contributed by atoms with Gasteiger partial charge in [0.25, 0.3) is 5.91 Å². The van der Waals surface area contributed by atoms with Crippen molar-refractivity contribution >= 4 is 5.91 Å². The highest BCUT2D eigenvalue weighted by Gasteiger charge is 2.46. The maximum atomic E-state index is 13.3. The number of carbonyl (C=O) groups is 1. The minimum atomic E-state index is -0.529. The highest BCUT2D eigenvalue weighted by atomic mass is 16.2. The molecule has 1 amide bonds. The Hall–Kier alpha value is -3.02. The number of carbonyl (C=O) groups excluding carboxylic acids is 1. The van der Waals surface area contributed by atoms with E-state index in [2.05, 4.69) is 22.4 Å². The third kappa shape index (κ3) is 3.19. The minimum Gasteiger partial charge on any atom is -0.329 e. The van der Waals surface area contributed by atoms with Gasteiger partial charge in [0.15, 0.2) is 5.82 Å². The van der Waals surface area contributed by atoms with Gasteiger partial charge in [-0.1, -0.05) is 43.3 Å². The van der Waals surface area contributed by atoms with Crippen molar-refractivity contribution in [1.82, 2.24) is 25.1 Å². The molecule has 2 aromatic carbocycles. The lowest BCUT2D eigenvalue weighted by Crippen LogP contribution is -2.50. The normalized spacial score (nSPS) is 22.0. The number of nitrogens with zero attached hydrogens (tertiary/aromatic N) is 5. The molecule has 6 nitrogen and oxygen atoms in total. The van der Waals surface area contributed by atoms with Crippen molar-refractivity contribution in [1.29, 1.82) is 0 Å². The maximum Gasteiger partial charge on any atom is 0.254 e. The van der Waals surface area contributed by atoms with E-state index in [9.17, 15) is 4.79 Å². The Morgan fingerprint density at radius 1 is 1.04 bits per heavy atom. The molecule has 1 aliphatic rings. The molecular weight excluding hydrogens is 350 g/mol. The lowest BCUT2D eigenvalue weighted by molar-refractivity contribution is 0.0328. The summed E-state index contributed by atoms with van der Waals surface area (Å²) in [5.41, 5.74) is 1.06. The molecule has 0 saturated heterocycles. The van der Waals surface area contributed by atoms with Gasteiger partial charge in [-0.25, -0.2) is 0 Å². The first-order valence-corrected chi connectivity index (χ1v) is 9.79. The van der Waals surface area contributed by atoms with E-state index in [1.165, 1.54) is 0 Å². The molecule has 3 aromatic rings. The van der Waals surface area contributed by atoms with Crippen molar-refractivity contribution in [2.24, 2.45) is 5.92 Å². The zero-order valence-electron chi connectivity index (χ0n) is 16.3. The fourth-order valence-electron chi connectivity index (χ4n) is 4.14. The lowest BCUT2D eigenvalue weighted by atomic mass is 9.75. The third-order valence-corrected chi connectivity index (χ3v) is 5.96. The number of para-hydroxylation sites is 1. The van der Waals surface area contributed by atoms with E-state index in [-0.39, 0.29) is 5.91 Å². The van der Waals surface area contributed by atoms with Crippen molar-refractivity contribution < 1.29 is 4.79 Å². The molecule has 1 heterocycles. The second-order valence-electron chi connectivity index (χ2n) is 7.69. The molecule has 1 aliphatic carbocycles. The molecule has 0 N–H and O–H groups in total. The second-order valence-corrected chi connectivity index (χ2v) is 7.69. The quantitative estimate of drug-likeness (QED) is 0.695. The summed E-state index contributed by atoms with van der Waals surface area (Å²) in [6.07, 6.45) is 3.76. The number of tetrazole rings is 1. The molecule has 0 unspecified atom stereocenters. The van der Waals surface area contributed by atoms with Crippen LogP contribution in [0.2, 0.25) is 0 Å². The summed E-state index contributed by atoms with van der Waals surface area (Å²) in [4.78, 5) is 15.2. The van der Waals surface area contributed by atoms with E-state index in [0.717, 1.165) is 37.2 Å². The van der Waals surface area contributed by atoms with Gasteiger partial charge >= 0.3 is 0 Å². The van der Waals surface area contributed by atoms with Gasteiger partial charge in [0, 0.05) is 12.6 Å². The Bertz CT molecular complexity index is 930. The Kier molecular flexibility index (Phi) is 4.94. The van der Waals surface area contributed by atoms with E-state index in [0.29, 0.717) is 11.5 Å². The van der Waals surface area contributed by atoms with Crippen LogP contribution in [0.4, 0.5) is 0 Å². The largest absolute Gasteiger partial charge is 0.329 e. The molecule has 1 fully saturated rings. The fourth-order valence-corrected chi connectivity index (χ4v) is 4.14. The predicted molar refractivity (Wildman–Crippen MR) is 107 cm³/mol. The van der Waals surface area contributed by atoms with E-state index in [1.807, 2.05) is 72.6 Å². The standard InChI is InChI=1S/C22H25N5O/c1-17-13-15-22(16-14-17,26(2)20(28)18-9-5-3-6-10-18)21-23-24-25-27(21)19-11-7-4-8-12-19/h3-12,17H,13-16H2,1-2H3. The van der Waals surface area contributed by atoms with Gasteiger partial charge in [0.1, 0.15) is 5.54 Å². The SMILES string of the molecule is CC1CCC(c2nnnn2-c2ccccc2)(N(C)C(=O)c2ccccc2)CC1. The number of hydrogen-bond donors (Lipinski definition) is 0. The average molecular weight is 375 g/mol. The molecular formula is C22H25N5O. The van der Waals surface area contributed by atoms with Crippen LogP contribution < -0.4 is 0 Å². The zero-order valence-corrected chi connectivity index (χ0v) is 16.3. The van der Waals surface area contributed by atoms with Crippen LogP contribution >= 0.6 is 0 Å². The maximum absolute atomic E-state index is 13.3. The molecule has 4 rings (SSSR count).